The van der Waals surface area contributed by atoms with Crippen LogP contribution in [0.3, 0.4) is 0 Å². The monoisotopic (exact) mass is 449 g/mol. The zero-order valence-electron chi connectivity index (χ0n) is 18.0. The van der Waals surface area contributed by atoms with Crippen molar-refractivity contribution in [2.75, 3.05) is 43.6 Å². The summed E-state index contributed by atoms with van der Waals surface area (Å²) in [4.78, 5) is 11.5. The number of aromatic nitrogens is 3. The molecule has 7 nitrogen and oxygen atoms in total. The first-order valence-corrected chi connectivity index (χ1v) is 10.9. The largest absolute Gasteiger partial charge is 0.495 e. The van der Waals surface area contributed by atoms with Crippen LogP contribution in [-0.2, 0) is 4.74 Å². The summed E-state index contributed by atoms with van der Waals surface area (Å²) in [7, 11) is 1.61. The Bertz CT molecular complexity index is 1270. The van der Waals surface area contributed by atoms with Crippen LogP contribution in [0.1, 0.15) is 5.56 Å². The van der Waals surface area contributed by atoms with Crippen LogP contribution in [0.5, 0.6) is 5.75 Å². The minimum absolute atomic E-state index is 0.559. The number of methoxy groups -OCH3 is 1. The van der Waals surface area contributed by atoms with Crippen LogP contribution in [0.4, 0.5) is 17.2 Å². The van der Waals surface area contributed by atoms with Gasteiger partial charge in [0.15, 0.2) is 11.5 Å². The van der Waals surface area contributed by atoms with Gasteiger partial charge in [-0.2, -0.15) is 0 Å². The van der Waals surface area contributed by atoms with E-state index in [1.165, 1.54) is 11.3 Å². The number of ether oxygens (including phenoxy) is 2. The lowest BCUT2D eigenvalue weighted by molar-refractivity contribution is 0.122. The number of hydrogen-bond acceptors (Lipinski definition) is 6. The minimum Gasteiger partial charge on any atom is -0.495 e. The molecule has 0 spiro atoms. The third-order valence-corrected chi connectivity index (χ3v) is 5.98. The molecule has 0 atom stereocenters. The Hall–Kier alpha value is -3.29. The third-order valence-electron chi connectivity index (χ3n) is 5.69. The van der Waals surface area contributed by atoms with E-state index in [0.717, 1.165) is 48.9 Å². The molecule has 0 saturated carbocycles. The SMILES string of the molecule is COc1ccc(-c2cnc3c(Nc4ccc(N5CCOCC5)c(C)c4)nccn23)cc1Cl. The number of imidazole rings is 1. The van der Waals surface area contributed by atoms with Crippen molar-refractivity contribution in [3.63, 3.8) is 0 Å². The number of anilines is 3. The standard InChI is InChI=1S/C24H24ClN5O2/c1-16-13-18(4-5-20(16)29-9-11-32-12-10-29)28-23-24-27-15-21(30(24)8-7-26-23)17-3-6-22(31-2)19(25)14-17/h3-8,13-15H,9-12H2,1-2H3,(H,26,28). The highest BCUT2D eigenvalue weighted by atomic mass is 35.5. The van der Waals surface area contributed by atoms with Crippen molar-refractivity contribution in [3.8, 4) is 17.0 Å². The molecule has 1 aliphatic rings. The van der Waals surface area contributed by atoms with Crippen molar-refractivity contribution < 1.29 is 9.47 Å². The second-order valence-electron chi connectivity index (χ2n) is 7.69. The van der Waals surface area contributed by atoms with Crippen molar-refractivity contribution in [3.05, 3.63) is 65.6 Å². The second kappa shape index (κ2) is 8.68. The summed E-state index contributed by atoms with van der Waals surface area (Å²) in [5, 5.41) is 3.99. The number of morpholine rings is 1. The van der Waals surface area contributed by atoms with E-state index < -0.39 is 0 Å². The van der Waals surface area contributed by atoms with Gasteiger partial charge in [-0.25, -0.2) is 9.97 Å². The highest BCUT2D eigenvalue weighted by molar-refractivity contribution is 6.32. The molecule has 1 N–H and O–H groups in total. The van der Waals surface area contributed by atoms with Crippen LogP contribution in [0.2, 0.25) is 5.02 Å². The number of nitrogens with one attached hydrogen (secondary N) is 1. The Kier molecular flexibility index (Phi) is 5.59. The van der Waals surface area contributed by atoms with Crippen molar-refractivity contribution in [2.24, 2.45) is 0 Å². The topological polar surface area (TPSA) is 63.9 Å². The molecular weight excluding hydrogens is 426 g/mol. The smallest absolute Gasteiger partial charge is 0.180 e. The maximum absolute atomic E-state index is 6.33. The van der Waals surface area contributed by atoms with Gasteiger partial charge in [0, 0.05) is 42.4 Å². The number of rotatable bonds is 5. The minimum atomic E-state index is 0.559. The van der Waals surface area contributed by atoms with Crippen LogP contribution < -0.4 is 15.0 Å². The number of nitrogens with zero attached hydrogens (tertiary/aromatic N) is 4. The van der Waals surface area contributed by atoms with Crippen molar-refractivity contribution in [1.82, 2.24) is 14.4 Å². The average Bonchev–Trinajstić information content (AvgIpc) is 3.25. The van der Waals surface area contributed by atoms with Crippen LogP contribution in [0.15, 0.2) is 55.0 Å². The fourth-order valence-electron chi connectivity index (χ4n) is 4.08. The molecule has 3 heterocycles. The van der Waals surface area contributed by atoms with Crippen molar-refractivity contribution in [1.29, 1.82) is 0 Å². The number of hydrogen-bond donors (Lipinski definition) is 1. The molecule has 0 unspecified atom stereocenters. The summed E-state index contributed by atoms with van der Waals surface area (Å²) in [6.07, 6.45) is 5.49. The van der Waals surface area contributed by atoms with E-state index in [9.17, 15) is 0 Å². The van der Waals surface area contributed by atoms with E-state index in [1.54, 1.807) is 13.3 Å². The molecule has 8 heteroatoms. The van der Waals surface area contributed by atoms with Gasteiger partial charge in [-0.05, 0) is 48.9 Å². The second-order valence-corrected chi connectivity index (χ2v) is 8.10. The van der Waals surface area contributed by atoms with Gasteiger partial charge in [0.1, 0.15) is 5.75 Å². The summed E-state index contributed by atoms with van der Waals surface area (Å²) in [6, 6.07) is 12.1. The summed E-state index contributed by atoms with van der Waals surface area (Å²) in [6.45, 7) is 5.51. The van der Waals surface area contributed by atoms with Gasteiger partial charge >= 0.3 is 0 Å². The Morgan fingerprint density at radius 3 is 2.69 bits per heavy atom. The third kappa shape index (κ3) is 3.85. The van der Waals surface area contributed by atoms with Gasteiger partial charge in [0.05, 0.1) is 37.2 Å². The lowest BCUT2D eigenvalue weighted by Crippen LogP contribution is -2.36. The van der Waals surface area contributed by atoms with Crippen LogP contribution in [0.25, 0.3) is 16.9 Å². The predicted octanol–water partition coefficient (Wildman–Crippen LogP) is 4.95. The zero-order chi connectivity index (χ0) is 22.1. The normalized spacial score (nSPS) is 14.0. The number of halogens is 1. The molecule has 0 radical (unpaired) electrons. The van der Waals surface area contributed by atoms with Gasteiger partial charge in [0.25, 0.3) is 0 Å². The molecule has 4 aromatic rings. The fourth-order valence-corrected chi connectivity index (χ4v) is 4.33. The average molecular weight is 450 g/mol. The summed E-state index contributed by atoms with van der Waals surface area (Å²) in [5.41, 5.74) is 6.03. The summed E-state index contributed by atoms with van der Waals surface area (Å²) >= 11 is 6.33. The van der Waals surface area contributed by atoms with E-state index in [4.69, 9.17) is 21.1 Å². The summed E-state index contributed by atoms with van der Waals surface area (Å²) in [5.74, 6) is 1.33. The number of aryl methyl sites for hydroxylation is 1. The van der Waals surface area contributed by atoms with Gasteiger partial charge < -0.3 is 19.7 Å². The maximum atomic E-state index is 6.33. The predicted molar refractivity (Wildman–Crippen MR) is 127 cm³/mol. The molecule has 0 bridgehead atoms. The molecule has 0 amide bonds. The quantitative estimate of drug-likeness (QED) is 0.465. The highest BCUT2D eigenvalue weighted by Crippen LogP contribution is 2.32. The number of fused-ring (bicyclic) bond motifs is 1. The molecule has 0 aliphatic carbocycles. The van der Waals surface area contributed by atoms with Crippen LogP contribution in [0, 0.1) is 6.92 Å². The van der Waals surface area contributed by atoms with E-state index in [0.29, 0.717) is 16.6 Å². The number of benzene rings is 2. The van der Waals surface area contributed by atoms with Crippen molar-refractivity contribution >= 4 is 34.4 Å². The Balaban J connectivity index is 1.44. The molecular formula is C24H24ClN5O2. The molecule has 1 fully saturated rings. The first-order valence-electron chi connectivity index (χ1n) is 10.5. The Morgan fingerprint density at radius 1 is 1.09 bits per heavy atom. The molecule has 1 aliphatic heterocycles. The van der Waals surface area contributed by atoms with E-state index in [2.05, 4.69) is 45.3 Å². The first-order chi connectivity index (χ1) is 15.6. The zero-order valence-corrected chi connectivity index (χ0v) is 18.8. The molecule has 32 heavy (non-hydrogen) atoms. The summed E-state index contributed by atoms with van der Waals surface area (Å²) < 4.78 is 12.7. The fraction of sp³-hybridized carbons (Fsp3) is 0.250. The molecule has 5 rings (SSSR count). The maximum Gasteiger partial charge on any atom is 0.180 e. The van der Waals surface area contributed by atoms with E-state index >= 15 is 0 Å². The van der Waals surface area contributed by atoms with E-state index in [1.807, 2.05) is 35.0 Å². The molecule has 164 valence electrons. The molecule has 2 aromatic heterocycles. The van der Waals surface area contributed by atoms with Crippen molar-refractivity contribution in [2.45, 2.75) is 6.92 Å². The molecule has 2 aromatic carbocycles. The lowest BCUT2D eigenvalue weighted by atomic mass is 10.1. The van der Waals surface area contributed by atoms with Crippen LogP contribution in [-0.4, -0.2) is 47.8 Å². The van der Waals surface area contributed by atoms with E-state index in [-0.39, 0.29) is 0 Å². The molecule has 1 saturated heterocycles. The lowest BCUT2D eigenvalue weighted by Gasteiger charge is -2.30. The van der Waals surface area contributed by atoms with Gasteiger partial charge in [0.2, 0.25) is 0 Å². The van der Waals surface area contributed by atoms with Crippen LogP contribution >= 0.6 is 11.6 Å². The Labute approximate surface area is 191 Å². The van der Waals surface area contributed by atoms with Gasteiger partial charge in [-0.15, -0.1) is 0 Å². The Morgan fingerprint density at radius 2 is 1.94 bits per heavy atom. The van der Waals surface area contributed by atoms with Gasteiger partial charge in [-0.1, -0.05) is 11.6 Å². The van der Waals surface area contributed by atoms with Gasteiger partial charge in [-0.3, -0.25) is 4.40 Å². The first kappa shape index (κ1) is 20.6. The highest BCUT2D eigenvalue weighted by Gasteiger charge is 2.15.